The molecule has 1 radical (unpaired) electrons. The van der Waals surface area contributed by atoms with Gasteiger partial charge in [-0.05, 0) is 0 Å². The minimum absolute atomic E-state index is 0. The Morgan fingerprint density at radius 2 is 0.308 bits per heavy atom. The van der Waals surface area contributed by atoms with Crippen LogP contribution in [0, 0.1) is 0 Å². The standard InChI is InChI=1S/2C6H6.Na/c2*1-2-4-6-5-3-1;/h2*1-6H;. The van der Waals surface area contributed by atoms with Gasteiger partial charge in [0.1, 0.15) is 0 Å². The molecular weight excluding hydrogens is 167 g/mol. The van der Waals surface area contributed by atoms with Crippen LogP contribution in [-0.2, 0) is 0 Å². The minimum atomic E-state index is 0. The van der Waals surface area contributed by atoms with E-state index in [1.165, 1.54) is 0 Å². The van der Waals surface area contributed by atoms with Crippen LogP contribution in [0.25, 0.3) is 0 Å². The molecule has 0 spiro atoms. The van der Waals surface area contributed by atoms with Crippen LogP contribution in [-0.4, -0.2) is 29.6 Å². The first-order valence-corrected chi connectivity index (χ1v) is 4.00. The zero-order valence-corrected chi connectivity index (χ0v) is 9.93. The molecule has 0 fully saturated rings. The van der Waals surface area contributed by atoms with E-state index in [-0.39, 0.29) is 29.6 Å². The van der Waals surface area contributed by atoms with Gasteiger partial charge in [0.15, 0.2) is 0 Å². The second-order valence-corrected chi connectivity index (χ2v) is 2.31. The van der Waals surface area contributed by atoms with Gasteiger partial charge < -0.3 is 0 Å². The van der Waals surface area contributed by atoms with Crippen LogP contribution in [0.15, 0.2) is 72.8 Å². The van der Waals surface area contributed by atoms with Crippen LogP contribution in [0.5, 0.6) is 0 Å². The van der Waals surface area contributed by atoms with Crippen LogP contribution in [0.1, 0.15) is 0 Å². The van der Waals surface area contributed by atoms with Crippen LogP contribution in [0.3, 0.4) is 0 Å². The summed E-state index contributed by atoms with van der Waals surface area (Å²) in [6, 6.07) is 24.0. The van der Waals surface area contributed by atoms with Gasteiger partial charge in [-0.1, -0.05) is 72.8 Å². The predicted molar refractivity (Wildman–Crippen MR) is 58.6 cm³/mol. The molecule has 2 aromatic carbocycles. The summed E-state index contributed by atoms with van der Waals surface area (Å²) < 4.78 is 0. The summed E-state index contributed by atoms with van der Waals surface area (Å²) >= 11 is 0. The summed E-state index contributed by atoms with van der Waals surface area (Å²) in [6.45, 7) is 0. The molecule has 0 saturated heterocycles. The summed E-state index contributed by atoms with van der Waals surface area (Å²) in [5.41, 5.74) is 0. The fraction of sp³-hybridized carbons (Fsp3) is 0. The Bertz CT molecular complexity index is 181. The summed E-state index contributed by atoms with van der Waals surface area (Å²) in [6.07, 6.45) is 0. The van der Waals surface area contributed by atoms with E-state index in [0.29, 0.717) is 0 Å². The molecule has 61 valence electrons. The largest absolute Gasteiger partial charge is 0.0623 e. The Kier molecular flexibility index (Phi) is 9.12. The first-order valence-electron chi connectivity index (χ1n) is 4.00. The van der Waals surface area contributed by atoms with Crippen molar-refractivity contribution in [3.8, 4) is 0 Å². The molecule has 0 atom stereocenters. The molecule has 0 bridgehead atoms. The summed E-state index contributed by atoms with van der Waals surface area (Å²) in [5, 5.41) is 0. The van der Waals surface area contributed by atoms with Gasteiger partial charge in [0.2, 0.25) is 0 Å². The molecule has 0 unspecified atom stereocenters. The molecule has 0 N–H and O–H groups in total. The second-order valence-electron chi connectivity index (χ2n) is 2.31. The SMILES string of the molecule is [Na].c1ccccc1.c1ccccc1. The van der Waals surface area contributed by atoms with Gasteiger partial charge in [-0.15, -0.1) is 0 Å². The second kappa shape index (κ2) is 9.53. The molecule has 2 aromatic rings. The maximum Gasteiger partial charge on any atom is 0 e. The number of benzene rings is 2. The average molecular weight is 179 g/mol. The average Bonchev–Trinajstić information content (AvgIpc) is 2.24. The number of hydrogen-bond acceptors (Lipinski definition) is 0. The zero-order chi connectivity index (χ0) is 8.49. The predicted octanol–water partition coefficient (Wildman–Crippen LogP) is 2.99. The molecule has 0 aliphatic heterocycles. The molecule has 0 heterocycles. The zero-order valence-electron chi connectivity index (χ0n) is 7.93. The van der Waals surface area contributed by atoms with Crippen molar-refractivity contribution in [2.75, 3.05) is 0 Å². The van der Waals surface area contributed by atoms with E-state index in [4.69, 9.17) is 0 Å². The van der Waals surface area contributed by atoms with E-state index in [1.54, 1.807) is 0 Å². The normalized spacial score (nSPS) is 7.38. The Morgan fingerprint density at radius 3 is 0.385 bits per heavy atom. The van der Waals surface area contributed by atoms with Crippen molar-refractivity contribution in [2.24, 2.45) is 0 Å². The fourth-order valence-corrected chi connectivity index (χ4v) is 0.770. The maximum absolute atomic E-state index is 2.00. The third kappa shape index (κ3) is 7.79. The molecule has 0 saturated carbocycles. The third-order valence-corrected chi connectivity index (χ3v) is 1.33. The van der Waals surface area contributed by atoms with Gasteiger partial charge in [-0.3, -0.25) is 0 Å². The van der Waals surface area contributed by atoms with Crippen LogP contribution < -0.4 is 0 Å². The van der Waals surface area contributed by atoms with Gasteiger partial charge >= 0.3 is 0 Å². The van der Waals surface area contributed by atoms with Crippen molar-refractivity contribution < 1.29 is 0 Å². The maximum atomic E-state index is 2.00. The van der Waals surface area contributed by atoms with Gasteiger partial charge in [-0.2, -0.15) is 0 Å². The quantitative estimate of drug-likeness (QED) is 0.545. The molecule has 0 amide bonds. The van der Waals surface area contributed by atoms with E-state index in [0.717, 1.165) is 0 Å². The summed E-state index contributed by atoms with van der Waals surface area (Å²) in [7, 11) is 0. The smallest absolute Gasteiger partial charge is 0 e. The van der Waals surface area contributed by atoms with Gasteiger partial charge in [0.05, 0.1) is 0 Å². The monoisotopic (exact) mass is 179 g/mol. The van der Waals surface area contributed by atoms with E-state index >= 15 is 0 Å². The van der Waals surface area contributed by atoms with Crippen molar-refractivity contribution in [2.45, 2.75) is 0 Å². The number of rotatable bonds is 0. The van der Waals surface area contributed by atoms with Crippen LogP contribution >= 0.6 is 0 Å². The molecule has 0 aromatic heterocycles. The molecule has 0 aliphatic carbocycles. The van der Waals surface area contributed by atoms with E-state index in [1.807, 2.05) is 72.8 Å². The Balaban J connectivity index is 0.000000206. The van der Waals surface area contributed by atoms with E-state index < -0.39 is 0 Å². The first-order chi connectivity index (χ1) is 6.00. The Morgan fingerprint density at radius 1 is 0.231 bits per heavy atom. The van der Waals surface area contributed by atoms with Gasteiger partial charge in [0.25, 0.3) is 0 Å². The van der Waals surface area contributed by atoms with Crippen LogP contribution in [0.2, 0.25) is 0 Å². The minimum Gasteiger partial charge on any atom is -0.0623 e. The molecular formula is C12H12Na. The van der Waals surface area contributed by atoms with E-state index in [2.05, 4.69) is 0 Å². The Labute approximate surface area is 102 Å². The van der Waals surface area contributed by atoms with Crippen molar-refractivity contribution >= 4 is 29.6 Å². The molecule has 0 nitrogen and oxygen atoms in total. The first kappa shape index (κ1) is 12.4. The topological polar surface area (TPSA) is 0 Å². The van der Waals surface area contributed by atoms with Crippen molar-refractivity contribution in [3.63, 3.8) is 0 Å². The number of hydrogen-bond donors (Lipinski definition) is 0. The van der Waals surface area contributed by atoms with E-state index in [9.17, 15) is 0 Å². The van der Waals surface area contributed by atoms with Crippen LogP contribution in [0.4, 0.5) is 0 Å². The van der Waals surface area contributed by atoms with Gasteiger partial charge in [0, 0.05) is 29.6 Å². The van der Waals surface area contributed by atoms with Crippen molar-refractivity contribution in [1.29, 1.82) is 0 Å². The molecule has 13 heavy (non-hydrogen) atoms. The Hall–Kier alpha value is -0.560. The third-order valence-electron chi connectivity index (χ3n) is 1.33. The molecule has 2 rings (SSSR count). The molecule has 1 heteroatoms. The fourth-order valence-electron chi connectivity index (χ4n) is 0.770. The summed E-state index contributed by atoms with van der Waals surface area (Å²) in [4.78, 5) is 0. The van der Waals surface area contributed by atoms with Gasteiger partial charge in [-0.25, -0.2) is 0 Å². The molecule has 0 aliphatic rings. The van der Waals surface area contributed by atoms with Crippen molar-refractivity contribution in [1.82, 2.24) is 0 Å². The van der Waals surface area contributed by atoms with Crippen molar-refractivity contribution in [3.05, 3.63) is 72.8 Å². The summed E-state index contributed by atoms with van der Waals surface area (Å²) in [5.74, 6) is 0.